The van der Waals surface area contributed by atoms with Gasteiger partial charge in [-0.05, 0) is 49.0 Å². The van der Waals surface area contributed by atoms with Crippen molar-refractivity contribution < 1.29 is 5.11 Å². The molecule has 2 N–H and O–H groups in total. The van der Waals surface area contributed by atoms with Crippen LogP contribution in [0.2, 0.25) is 0 Å². The third-order valence-electron chi connectivity index (χ3n) is 2.03. The van der Waals surface area contributed by atoms with Gasteiger partial charge in [-0.15, -0.1) is 0 Å². The molecule has 16 heavy (non-hydrogen) atoms. The van der Waals surface area contributed by atoms with E-state index >= 15 is 0 Å². The normalized spacial score (nSPS) is 11.1. The molecule has 2 rings (SSSR count). The molecule has 6 heteroatoms. The molecular formula is C10H10N4OS. The number of hydrogen-bond acceptors (Lipinski definition) is 4. The number of nitrogens with one attached hydrogen (secondary N) is 1. The Morgan fingerprint density at radius 2 is 2.12 bits per heavy atom. The first-order chi connectivity index (χ1) is 7.66. The lowest BCUT2D eigenvalue weighted by molar-refractivity contribution is 0.475. The minimum atomic E-state index is 0.230. The molecule has 0 fully saturated rings. The number of phenols is 1. The van der Waals surface area contributed by atoms with Crippen molar-refractivity contribution in [2.75, 3.05) is 0 Å². The number of benzene rings is 1. The van der Waals surface area contributed by atoms with Crippen LogP contribution in [0, 0.1) is 11.7 Å². The summed E-state index contributed by atoms with van der Waals surface area (Å²) in [5, 5.41) is 19.9. The molecule has 1 aromatic heterocycles. The van der Waals surface area contributed by atoms with Gasteiger partial charge in [0.05, 0.1) is 6.21 Å². The summed E-state index contributed by atoms with van der Waals surface area (Å²) in [5.41, 5.74) is 0.875. The van der Waals surface area contributed by atoms with E-state index in [1.165, 1.54) is 4.68 Å². The molecule has 82 valence electrons. The van der Waals surface area contributed by atoms with E-state index < -0.39 is 0 Å². The largest absolute Gasteiger partial charge is 0.508 e. The number of hydrogen-bond donors (Lipinski definition) is 2. The van der Waals surface area contributed by atoms with Gasteiger partial charge >= 0.3 is 0 Å². The van der Waals surface area contributed by atoms with Gasteiger partial charge in [-0.25, -0.2) is 0 Å². The molecule has 0 aliphatic rings. The molecule has 0 aliphatic carbocycles. The fourth-order valence-corrected chi connectivity index (χ4v) is 1.42. The van der Waals surface area contributed by atoms with Crippen molar-refractivity contribution >= 4 is 18.4 Å². The van der Waals surface area contributed by atoms with Gasteiger partial charge in [0.15, 0.2) is 0 Å². The van der Waals surface area contributed by atoms with E-state index in [4.69, 9.17) is 17.3 Å². The second-order valence-corrected chi connectivity index (χ2v) is 3.61. The predicted molar refractivity (Wildman–Crippen MR) is 63.2 cm³/mol. The number of phenolic OH excluding ortho intramolecular Hbond substituents is 1. The van der Waals surface area contributed by atoms with Crippen LogP contribution in [0.25, 0.3) is 0 Å². The number of aryl methyl sites for hydroxylation is 1. The van der Waals surface area contributed by atoms with Crippen LogP contribution < -0.4 is 0 Å². The van der Waals surface area contributed by atoms with E-state index in [0.717, 1.165) is 5.56 Å². The van der Waals surface area contributed by atoms with Crippen molar-refractivity contribution in [1.82, 2.24) is 14.9 Å². The van der Waals surface area contributed by atoms with Gasteiger partial charge < -0.3 is 5.11 Å². The van der Waals surface area contributed by atoms with Crippen LogP contribution in [0.1, 0.15) is 11.4 Å². The Hall–Kier alpha value is -1.95. The molecule has 0 saturated carbocycles. The molecule has 0 bridgehead atoms. The number of H-pyrrole nitrogens is 1. The quantitative estimate of drug-likeness (QED) is 0.615. The monoisotopic (exact) mass is 234 g/mol. The average molecular weight is 234 g/mol. The summed E-state index contributed by atoms with van der Waals surface area (Å²) in [6, 6.07) is 6.72. The summed E-state index contributed by atoms with van der Waals surface area (Å²) in [6.07, 6.45) is 1.65. The summed E-state index contributed by atoms with van der Waals surface area (Å²) in [4.78, 5) is 0. The molecule has 0 aliphatic heterocycles. The number of aromatic hydroxyl groups is 1. The highest BCUT2D eigenvalue weighted by atomic mass is 32.1. The predicted octanol–water partition coefficient (Wildman–Crippen LogP) is 1.84. The van der Waals surface area contributed by atoms with Crippen molar-refractivity contribution in [3.8, 4) is 5.75 Å². The van der Waals surface area contributed by atoms with E-state index in [1.807, 2.05) is 0 Å². The third-order valence-corrected chi connectivity index (χ3v) is 2.29. The van der Waals surface area contributed by atoms with Crippen LogP contribution in [0.5, 0.6) is 5.75 Å². The number of nitrogens with zero attached hydrogens (tertiary/aromatic N) is 3. The van der Waals surface area contributed by atoms with Gasteiger partial charge in [-0.3, -0.25) is 5.10 Å². The number of aromatic amines is 1. The van der Waals surface area contributed by atoms with Crippen molar-refractivity contribution in [1.29, 1.82) is 0 Å². The highest BCUT2D eigenvalue weighted by molar-refractivity contribution is 7.71. The van der Waals surface area contributed by atoms with Crippen LogP contribution in [0.4, 0.5) is 0 Å². The number of aromatic nitrogens is 3. The summed E-state index contributed by atoms with van der Waals surface area (Å²) in [6.45, 7) is 1.81. The summed E-state index contributed by atoms with van der Waals surface area (Å²) >= 11 is 5.00. The molecule has 5 nitrogen and oxygen atoms in total. The molecule has 0 radical (unpaired) electrons. The lowest BCUT2D eigenvalue weighted by Gasteiger charge is -1.95. The maximum absolute atomic E-state index is 9.12. The van der Waals surface area contributed by atoms with Gasteiger partial charge in [-0.2, -0.15) is 14.9 Å². The Labute approximate surface area is 97.1 Å². The van der Waals surface area contributed by atoms with Crippen LogP contribution in [0.3, 0.4) is 0 Å². The minimum Gasteiger partial charge on any atom is -0.508 e. The fraction of sp³-hybridized carbons (Fsp3) is 0.100. The summed E-state index contributed by atoms with van der Waals surface area (Å²) < 4.78 is 1.98. The van der Waals surface area contributed by atoms with Crippen LogP contribution >= 0.6 is 12.2 Å². The maximum atomic E-state index is 9.12. The van der Waals surface area contributed by atoms with Crippen LogP contribution in [-0.4, -0.2) is 26.2 Å². The molecular weight excluding hydrogens is 224 g/mol. The van der Waals surface area contributed by atoms with E-state index in [1.54, 1.807) is 37.4 Å². The minimum absolute atomic E-state index is 0.230. The average Bonchev–Trinajstić information content (AvgIpc) is 2.59. The van der Waals surface area contributed by atoms with E-state index in [-0.39, 0.29) is 5.75 Å². The first-order valence-electron chi connectivity index (χ1n) is 4.64. The standard InChI is InChI=1S/C10H10N4OS/c1-7-12-13-10(16)14(7)11-6-8-2-4-9(15)5-3-8/h2-6,15H,1H3,(H,13,16). The summed E-state index contributed by atoms with van der Waals surface area (Å²) in [5.74, 6) is 0.924. The van der Waals surface area contributed by atoms with Gasteiger partial charge in [0, 0.05) is 0 Å². The van der Waals surface area contributed by atoms with Crippen molar-refractivity contribution in [3.05, 3.63) is 40.4 Å². The molecule has 0 unspecified atom stereocenters. The van der Waals surface area contributed by atoms with Crippen molar-refractivity contribution in [2.45, 2.75) is 6.92 Å². The van der Waals surface area contributed by atoms with Gasteiger partial charge in [-0.1, -0.05) is 0 Å². The topological polar surface area (TPSA) is 66.2 Å². The van der Waals surface area contributed by atoms with E-state index in [2.05, 4.69) is 15.3 Å². The maximum Gasteiger partial charge on any atom is 0.216 e. The Bertz CT molecular complexity index is 567. The first kappa shape index (κ1) is 10.6. The lowest BCUT2D eigenvalue weighted by atomic mass is 10.2. The smallest absolute Gasteiger partial charge is 0.216 e. The Morgan fingerprint density at radius 3 is 2.69 bits per heavy atom. The molecule has 1 aromatic carbocycles. The zero-order valence-electron chi connectivity index (χ0n) is 8.58. The van der Waals surface area contributed by atoms with Gasteiger partial charge in [0.1, 0.15) is 11.6 Å². The van der Waals surface area contributed by atoms with Gasteiger partial charge in [0.2, 0.25) is 4.77 Å². The lowest BCUT2D eigenvalue weighted by Crippen LogP contribution is -1.93. The zero-order chi connectivity index (χ0) is 11.5. The van der Waals surface area contributed by atoms with Crippen LogP contribution in [0.15, 0.2) is 29.4 Å². The molecule has 0 spiro atoms. The Balaban J connectivity index is 2.28. The Morgan fingerprint density at radius 1 is 1.44 bits per heavy atom. The molecule has 2 aromatic rings. The highest BCUT2D eigenvalue weighted by Gasteiger charge is 1.96. The number of rotatable bonds is 2. The second kappa shape index (κ2) is 4.28. The summed E-state index contributed by atoms with van der Waals surface area (Å²) in [7, 11) is 0. The second-order valence-electron chi connectivity index (χ2n) is 3.22. The molecule has 0 atom stereocenters. The third kappa shape index (κ3) is 2.17. The Kier molecular flexibility index (Phi) is 2.82. The molecule has 0 saturated heterocycles. The van der Waals surface area contributed by atoms with Crippen molar-refractivity contribution in [2.24, 2.45) is 5.10 Å². The van der Waals surface area contributed by atoms with Crippen LogP contribution in [-0.2, 0) is 0 Å². The SMILES string of the molecule is Cc1n[nH]c(=S)n1N=Cc1ccc(O)cc1. The molecule has 0 amide bonds. The van der Waals surface area contributed by atoms with E-state index in [9.17, 15) is 0 Å². The highest BCUT2D eigenvalue weighted by Crippen LogP contribution is 2.08. The fourth-order valence-electron chi connectivity index (χ4n) is 1.19. The van der Waals surface area contributed by atoms with Crippen molar-refractivity contribution in [3.63, 3.8) is 0 Å². The van der Waals surface area contributed by atoms with E-state index in [0.29, 0.717) is 10.6 Å². The molecule has 1 heterocycles. The van der Waals surface area contributed by atoms with Gasteiger partial charge in [0.25, 0.3) is 0 Å². The first-order valence-corrected chi connectivity index (χ1v) is 5.05. The zero-order valence-corrected chi connectivity index (χ0v) is 9.40.